The van der Waals surface area contributed by atoms with E-state index in [1.807, 2.05) is 29.7 Å². The van der Waals surface area contributed by atoms with Crippen LogP contribution in [0.2, 0.25) is 0 Å². The van der Waals surface area contributed by atoms with Crippen LogP contribution >= 0.6 is 27.1 Å². The summed E-state index contributed by atoms with van der Waals surface area (Å²) in [5.74, 6) is 0. The fourth-order valence-corrected chi connectivity index (χ4v) is 3.38. The van der Waals surface area contributed by atoms with Crippen LogP contribution in [0.4, 0.5) is 0 Å². The second kappa shape index (κ2) is 2.66. The van der Waals surface area contributed by atoms with Crippen LogP contribution in [-0.2, 0) is 0 Å². The molecule has 0 spiro atoms. The molecule has 0 saturated heterocycles. The lowest BCUT2D eigenvalue weighted by Crippen LogP contribution is -1.76. The Balaban J connectivity index is 2.62. The van der Waals surface area contributed by atoms with E-state index in [0.717, 1.165) is 14.9 Å². The smallest absolute Gasteiger partial charge is 0.0328 e. The first-order valence-electron chi connectivity index (χ1n) is 3.24. The van der Waals surface area contributed by atoms with Crippen molar-refractivity contribution < 1.29 is 4.55 Å². The molecule has 11 heavy (non-hydrogen) atoms. The van der Waals surface area contributed by atoms with Crippen molar-refractivity contribution in [1.82, 2.24) is 0 Å². The van der Waals surface area contributed by atoms with Crippen molar-refractivity contribution in [2.75, 3.05) is 0 Å². The molecule has 0 aromatic heterocycles. The topological polar surface area (TPSA) is 20.2 Å². The lowest BCUT2D eigenvalue weighted by molar-refractivity contribution is 0.655. The quantitative estimate of drug-likeness (QED) is 0.657. The molecule has 0 aliphatic carbocycles. The minimum atomic E-state index is -1.03. The van der Waals surface area contributed by atoms with Crippen molar-refractivity contribution in [3.05, 3.63) is 35.2 Å². The van der Waals surface area contributed by atoms with Gasteiger partial charge in [-0.25, -0.2) is 0 Å². The molecule has 1 aliphatic rings. The Morgan fingerprint density at radius 1 is 1.27 bits per heavy atom. The number of thiol groups is 1. The van der Waals surface area contributed by atoms with Gasteiger partial charge in [-0.15, -0.1) is 11.2 Å². The first kappa shape index (κ1) is 7.40. The lowest BCUT2D eigenvalue weighted by Gasteiger charge is -2.04. The maximum Gasteiger partial charge on any atom is 0.0328 e. The van der Waals surface area contributed by atoms with Gasteiger partial charge in [0.15, 0.2) is 0 Å². The van der Waals surface area contributed by atoms with Crippen molar-refractivity contribution in [2.24, 2.45) is 0 Å². The van der Waals surface area contributed by atoms with Crippen molar-refractivity contribution in [1.29, 1.82) is 0 Å². The molecule has 0 amide bonds. The van der Waals surface area contributed by atoms with Crippen molar-refractivity contribution >= 4 is 31.6 Å². The van der Waals surface area contributed by atoms with Crippen LogP contribution in [0, 0.1) is 0 Å². The largest absolute Gasteiger partial charge is 0.346 e. The van der Waals surface area contributed by atoms with E-state index in [1.54, 1.807) is 0 Å². The molecular weight excluding hydrogens is 224 g/mol. The van der Waals surface area contributed by atoms with Gasteiger partial charge in [0.1, 0.15) is 0 Å². The van der Waals surface area contributed by atoms with Crippen LogP contribution in [-0.4, -0.2) is 4.55 Å². The van der Waals surface area contributed by atoms with Gasteiger partial charge in [-0.1, -0.05) is 18.2 Å². The molecule has 1 N–H and O–H groups in total. The van der Waals surface area contributed by atoms with E-state index in [9.17, 15) is 4.55 Å². The summed E-state index contributed by atoms with van der Waals surface area (Å²) in [5, 5.41) is 1.86. The predicted octanol–water partition coefficient (Wildman–Crippen LogP) is 3.23. The predicted molar refractivity (Wildman–Crippen MR) is 53.2 cm³/mol. The summed E-state index contributed by atoms with van der Waals surface area (Å²) in [5.41, 5.74) is 1.13. The Labute approximate surface area is 76.4 Å². The normalized spacial score (nSPS) is 24.5. The molecule has 2 rings (SSSR count). The van der Waals surface area contributed by atoms with Crippen LogP contribution in [0.15, 0.2) is 34.6 Å². The van der Waals surface area contributed by atoms with Crippen molar-refractivity contribution in [2.45, 2.75) is 4.90 Å². The number of rotatable bonds is 0. The summed E-state index contributed by atoms with van der Waals surface area (Å²) in [6.07, 6.45) is 0. The highest BCUT2D eigenvalue weighted by atomic mass is 79.9. The van der Waals surface area contributed by atoms with E-state index in [1.165, 1.54) is 0 Å². The van der Waals surface area contributed by atoms with Gasteiger partial charge in [-0.3, -0.25) is 0 Å². The average Bonchev–Trinajstić information content (AvgIpc) is 2.30. The van der Waals surface area contributed by atoms with Crippen molar-refractivity contribution in [3.8, 4) is 0 Å². The third-order valence-corrected chi connectivity index (χ3v) is 4.04. The lowest BCUT2D eigenvalue weighted by atomic mass is 10.2. The summed E-state index contributed by atoms with van der Waals surface area (Å²) in [4.78, 5) is 1.05. The Morgan fingerprint density at radius 3 is 2.73 bits per heavy atom. The Morgan fingerprint density at radius 2 is 2.00 bits per heavy atom. The molecule has 1 heterocycles. The zero-order valence-electron chi connectivity index (χ0n) is 5.66. The molecule has 1 unspecified atom stereocenters. The van der Waals surface area contributed by atoms with Gasteiger partial charge in [-0.2, -0.15) is 0 Å². The van der Waals surface area contributed by atoms with E-state index in [4.69, 9.17) is 0 Å². The van der Waals surface area contributed by atoms with Gasteiger partial charge in [0, 0.05) is 14.9 Å². The number of fused-ring (bicyclic) bond motifs is 1. The standard InChI is InChI=1S/C8H7BrOS/c9-7-5-11(10)8-4-2-1-3-6(7)8/h1-5,10-11H. The van der Waals surface area contributed by atoms with E-state index in [2.05, 4.69) is 15.9 Å². The zero-order chi connectivity index (χ0) is 7.84. The van der Waals surface area contributed by atoms with Crippen LogP contribution in [0.1, 0.15) is 5.56 Å². The molecule has 0 radical (unpaired) electrons. The average molecular weight is 231 g/mol. The summed E-state index contributed by atoms with van der Waals surface area (Å²) in [7, 11) is 0. The van der Waals surface area contributed by atoms with Gasteiger partial charge in [0.25, 0.3) is 0 Å². The van der Waals surface area contributed by atoms with E-state index in [-0.39, 0.29) is 0 Å². The van der Waals surface area contributed by atoms with Crippen molar-refractivity contribution in [3.63, 3.8) is 0 Å². The number of benzene rings is 1. The third kappa shape index (κ3) is 1.13. The monoisotopic (exact) mass is 230 g/mol. The number of halogens is 1. The maximum atomic E-state index is 9.51. The van der Waals surface area contributed by atoms with E-state index >= 15 is 0 Å². The summed E-state index contributed by atoms with van der Waals surface area (Å²) in [6, 6.07) is 7.90. The van der Waals surface area contributed by atoms with Crippen LogP contribution in [0.25, 0.3) is 4.48 Å². The SMILES string of the molecule is O[SH]1C=C(Br)c2ccccc21. The highest BCUT2D eigenvalue weighted by Gasteiger charge is 2.15. The summed E-state index contributed by atoms with van der Waals surface area (Å²) >= 11 is 2.37. The van der Waals surface area contributed by atoms with Gasteiger partial charge < -0.3 is 4.55 Å². The fraction of sp³-hybridized carbons (Fsp3) is 0. The molecule has 58 valence electrons. The Kier molecular flexibility index (Phi) is 1.79. The minimum absolute atomic E-state index is 1.02. The zero-order valence-corrected chi connectivity index (χ0v) is 8.14. The number of hydrogen-bond acceptors (Lipinski definition) is 1. The van der Waals surface area contributed by atoms with Gasteiger partial charge >= 0.3 is 0 Å². The number of hydrogen-bond donors (Lipinski definition) is 2. The highest BCUT2D eigenvalue weighted by molar-refractivity contribution is 9.15. The summed E-state index contributed by atoms with van der Waals surface area (Å²) < 4.78 is 10.5. The van der Waals surface area contributed by atoms with Crippen LogP contribution in [0.5, 0.6) is 0 Å². The molecule has 1 aliphatic heterocycles. The van der Waals surface area contributed by atoms with Crippen LogP contribution < -0.4 is 0 Å². The second-order valence-corrected chi connectivity index (χ2v) is 4.62. The molecule has 1 aromatic carbocycles. The van der Waals surface area contributed by atoms with E-state index in [0.29, 0.717) is 0 Å². The second-order valence-electron chi connectivity index (χ2n) is 2.34. The molecule has 1 atom stereocenters. The fourth-order valence-electron chi connectivity index (χ4n) is 1.12. The molecule has 1 aromatic rings. The first-order chi connectivity index (χ1) is 5.29. The third-order valence-electron chi connectivity index (χ3n) is 1.64. The highest BCUT2D eigenvalue weighted by Crippen LogP contribution is 2.48. The van der Waals surface area contributed by atoms with Crippen LogP contribution in [0.3, 0.4) is 0 Å². The van der Waals surface area contributed by atoms with E-state index < -0.39 is 11.2 Å². The molecule has 0 bridgehead atoms. The molecule has 0 saturated carbocycles. The summed E-state index contributed by atoms with van der Waals surface area (Å²) in [6.45, 7) is 0. The Bertz CT molecular complexity index is 322. The minimum Gasteiger partial charge on any atom is -0.346 e. The van der Waals surface area contributed by atoms with Gasteiger partial charge in [0.2, 0.25) is 0 Å². The Hall–Kier alpha value is -0.250. The molecule has 1 nitrogen and oxygen atoms in total. The molecular formula is C8H7BrOS. The van der Waals surface area contributed by atoms with Gasteiger partial charge in [-0.05, 0) is 27.4 Å². The first-order valence-corrected chi connectivity index (χ1v) is 5.39. The molecule has 0 fully saturated rings. The maximum absolute atomic E-state index is 9.51. The molecule has 3 heteroatoms. The van der Waals surface area contributed by atoms with Gasteiger partial charge in [0.05, 0.1) is 0 Å².